The van der Waals surface area contributed by atoms with Crippen LogP contribution in [0.25, 0.3) is 0 Å². The highest BCUT2D eigenvalue weighted by molar-refractivity contribution is 4.82. The van der Waals surface area contributed by atoms with Gasteiger partial charge in [-0.2, -0.15) is 0 Å². The van der Waals surface area contributed by atoms with E-state index < -0.39 is 0 Å². The molecule has 0 amide bonds. The minimum Gasteiger partial charge on any atom is -0.311 e. The maximum absolute atomic E-state index is 3.89. The van der Waals surface area contributed by atoms with Crippen LogP contribution >= 0.6 is 0 Å². The molecule has 0 aromatic rings. The van der Waals surface area contributed by atoms with Gasteiger partial charge in [0.2, 0.25) is 0 Å². The maximum Gasteiger partial charge on any atom is 0.00696 e. The Labute approximate surface area is 108 Å². The van der Waals surface area contributed by atoms with Crippen LogP contribution in [0.15, 0.2) is 0 Å². The van der Waals surface area contributed by atoms with Crippen LogP contribution in [0.3, 0.4) is 0 Å². The van der Waals surface area contributed by atoms with E-state index in [-0.39, 0.29) is 0 Å². The van der Waals surface area contributed by atoms with Crippen molar-refractivity contribution < 1.29 is 0 Å². The van der Waals surface area contributed by atoms with Crippen LogP contribution in [-0.4, -0.2) is 12.1 Å². The van der Waals surface area contributed by atoms with E-state index in [1.54, 1.807) is 0 Å². The van der Waals surface area contributed by atoms with Crippen LogP contribution in [0.1, 0.15) is 72.1 Å². The van der Waals surface area contributed by atoms with Crippen molar-refractivity contribution in [2.45, 2.75) is 84.2 Å². The fourth-order valence-electron chi connectivity index (χ4n) is 3.49. The smallest absolute Gasteiger partial charge is 0.00696 e. The average Bonchev–Trinajstić information content (AvgIpc) is 3.05. The summed E-state index contributed by atoms with van der Waals surface area (Å²) in [6.45, 7) is 7.19. The lowest BCUT2D eigenvalue weighted by atomic mass is 9.89. The molecule has 0 aromatic heterocycles. The predicted octanol–water partition coefficient (Wildman–Crippen LogP) is 4.37. The van der Waals surface area contributed by atoms with Gasteiger partial charge in [-0.1, -0.05) is 39.5 Å². The largest absolute Gasteiger partial charge is 0.311 e. The summed E-state index contributed by atoms with van der Waals surface area (Å²) in [5.74, 6) is 2.94. The molecule has 2 aliphatic carbocycles. The van der Waals surface area contributed by atoms with Gasteiger partial charge in [0, 0.05) is 12.1 Å². The molecule has 0 saturated heterocycles. The van der Waals surface area contributed by atoms with E-state index in [2.05, 4.69) is 26.1 Å². The Morgan fingerprint density at radius 3 is 2.35 bits per heavy atom. The molecule has 0 heterocycles. The molecule has 2 fully saturated rings. The van der Waals surface area contributed by atoms with Crippen molar-refractivity contribution in [3.8, 4) is 0 Å². The van der Waals surface area contributed by atoms with E-state index in [9.17, 15) is 0 Å². The van der Waals surface area contributed by atoms with Gasteiger partial charge in [0.1, 0.15) is 0 Å². The Morgan fingerprint density at radius 2 is 1.71 bits per heavy atom. The molecule has 0 radical (unpaired) electrons. The van der Waals surface area contributed by atoms with E-state index in [1.165, 1.54) is 51.4 Å². The lowest BCUT2D eigenvalue weighted by Crippen LogP contribution is -2.36. The first kappa shape index (κ1) is 13.4. The van der Waals surface area contributed by atoms with Gasteiger partial charge >= 0.3 is 0 Å². The highest BCUT2D eigenvalue weighted by Crippen LogP contribution is 2.34. The van der Waals surface area contributed by atoms with Crippen LogP contribution in [-0.2, 0) is 0 Å². The van der Waals surface area contributed by atoms with Crippen molar-refractivity contribution in [2.75, 3.05) is 0 Å². The highest BCUT2D eigenvalue weighted by Gasteiger charge is 2.26. The molecule has 1 heteroatoms. The second-order valence-electron chi connectivity index (χ2n) is 6.96. The second kappa shape index (κ2) is 6.22. The molecule has 0 aliphatic heterocycles. The second-order valence-corrected chi connectivity index (χ2v) is 6.96. The first-order chi connectivity index (χ1) is 8.15. The Morgan fingerprint density at radius 1 is 0.941 bits per heavy atom. The molecule has 3 unspecified atom stereocenters. The van der Waals surface area contributed by atoms with Crippen molar-refractivity contribution in [3.05, 3.63) is 0 Å². The molecule has 100 valence electrons. The third kappa shape index (κ3) is 4.62. The van der Waals surface area contributed by atoms with E-state index in [0.717, 1.165) is 29.8 Å². The molecule has 1 N–H and O–H groups in total. The first-order valence-corrected chi connectivity index (χ1v) is 7.91. The SMILES string of the molecule is CC(CC1CC1)NC1CCCC(C(C)C)CC1. The summed E-state index contributed by atoms with van der Waals surface area (Å²) >= 11 is 0. The van der Waals surface area contributed by atoms with Gasteiger partial charge in [0.05, 0.1) is 0 Å². The topological polar surface area (TPSA) is 12.0 Å². The molecular formula is C16H31N. The van der Waals surface area contributed by atoms with Gasteiger partial charge in [0.25, 0.3) is 0 Å². The van der Waals surface area contributed by atoms with Crippen molar-refractivity contribution in [3.63, 3.8) is 0 Å². The zero-order valence-corrected chi connectivity index (χ0v) is 12.0. The monoisotopic (exact) mass is 237 g/mol. The van der Waals surface area contributed by atoms with E-state index in [1.807, 2.05) is 0 Å². The molecule has 1 nitrogen and oxygen atoms in total. The molecule has 0 spiro atoms. The van der Waals surface area contributed by atoms with Gasteiger partial charge in [-0.25, -0.2) is 0 Å². The summed E-state index contributed by atoms with van der Waals surface area (Å²) in [6.07, 6.45) is 11.6. The Hall–Kier alpha value is -0.0400. The zero-order chi connectivity index (χ0) is 12.3. The fraction of sp³-hybridized carbons (Fsp3) is 1.00. The maximum atomic E-state index is 3.89. The van der Waals surface area contributed by atoms with Crippen molar-refractivity contribution in [1.29, 1.82) is 0 Å². The van der Waals surface area contributed by atoms with Gasteiger partial charge in [-0.3, -0.25) is 0 Å². The third-order valence-corrected chi connectivity index (χ3v) is 4.86. The van der Waals surface area contributed by atoms with Crippen LogP contribution in [0.2, 0.25) is 0 Å². The lowest BCUT2D eigenvalue weighted by molar-refractivity contribution is 0.332. The van der Waals surface area contributed by atoms with E-state index >= 15 is 0 Å². The molecule has 2 saturated carbocycles. The molecule has 3 atom stereocenters. The van der Waals surface area contributed by atoms with Crippen LogP contribution in [0.5, 0.6) is 0 Å². The average molecular weight is 237 g/mol. The lowest BCUT2D eigenvalue weighted by Gasteiger charge is -2.22. The predicted molar refractivity (Wildman–Crippen MR) is 75.1 cm³/mol. The number of nitrogens with one attached hydrogen (secondary N) is 1. The minimum atomic E-state index is 0.753. The highest BCUT2D eigenvalue weighted by atomic mass is 14.9. The summed E-state index contributed by atoms with van der Waals surface area (Å²) in [5.41, 5.74) is 0. The van der Waals surface area contributed by atoms with Crippen molar-refractivity contribution >= 4 is 0 Å². The minimum absolute atomic E-state index is 0.753. The van der Waals surface area contributed by atoms with Crippen molar-refractivity contribution in [1.82, 2.24) is 5.32 Å². The quantitative estimate of drug-likeness (QED) is 0.700. The van der Waals surface area contributed by atoms with Gasteiger partial charge < -0.3 is 5.32 Å². The normalized spacial score (nSPS) is 32.5. The number of hydrogen-bond acceptors (Lipinski definition) is 1. The van der Waals surface area contributed by atoms with Crippen LogP contribution in [0, 0.1) is 17.8 Å². The Bertz CT molecular complexity index is 220. The fourth-order valence-corrected chi connectivity index (χ4v) is 3.49. The molecule has 17 heavy (non-hydrogen) atoms. The van der Waals surface area contributed by atoms with Gasteiger partial charge in [0.15, 0.2) is 0 Å². The summed E-state index contributed by atoms with van der Waals surface area (Å²) in [7, 11) is 0. The van der Waals surface area contributed by atoms with Crippen LogP contribution in [0.4, 0.5) is 0 Å². The van der Waals surface area contributed by atoms with E-state index in [0.29, 0.717) is 0 Å². The standard InChI is InChI=1S/C16H31N/c1-12(2)15-5-4-6-16(10-9-15)17-13(3)11-14-7-8-14/h12-17H,4-11H2,1-3H3. The zero-order valence-electron chi connectivity index (χ0n) is 12.0. The van der Waals surface area contributed by atoms with Crippen LogP contribution < -0.4 is 5.32 Å². The summed E-state index contributed by atoms with van der Waals surface area (Å²) in [4.78, 5) is 0. The molecule has 0 bridgehead atoms. The summed E-state index contributed by atoms with van der Waals surface area (Å²) < 4.78 is 0. The first-order valence-electron chi connectivity index (χ1n) is 7.91. The molecular weight excluding hydrogens is 206 g/mol. The molecule has 2 rings (SSSR count). The Balaban J connectivity index is 1.70. The molecule has 0 aromatic carbocycles. The van der Waals surface area contributed by atoms with Gasteiger partial charge in [-0.05, 0) is 50.4 Å². The summed E-state index contributed by atoms with van der Waals surface area (Å²) in [6, 6.07) is 1.57. The molecule has 2 aliphatic rings. The van der Waals surface area contributed by atoms with Crippen molar-refractivity contribution in [2.24, 2.45) is 17.8 Å². The van der Waals surface area contributed by atoms with Gasteiger partial charge in [-0.15, -0.1) is 0 Å². The number of rotatable bonds is 5. The number of hydrogen-bond donors (Lipinski definition) is 1. The Kier molecular flexibility index (Phi) is 4.90. The summed E-state index contributed by atoms with van der Waals surface area (Å²) in [5, 5.41) is 3.89. The third-order valence-electron chi connectivity index (χ3n) is 4.86. The van der Waals surface area contributed by atoms with E-state index in [4.69, 9.17) is 0 Å².